The number of aromatic amines is 1. The Morgan fingerprint density at radius 2 is 1.52 bits per heavy atom. The van der Waals surface area contributed by atoms with E-state index < -0.39 is 0 Å². The number of benzene rings is 3. The predicted molar refractivity (Wildman–Crippen MR) is 109 cm³/mol. The number of fused-ring (bicyclic) bond motifs is 1. The van der Waals surface area contributed by atoms with Crippen LogP contribution in [0.4, 0.5) is 5.69 Å². The standard InChI is InChI=1S/C22H18N4O/c23-21(24)15-10-12-16(13-11-15)25-20(14-6-2-1-3-7-14)19-17-8-4-5-9-18(17)26-22(19)27/h1-13,26-27H,(H3,23,24). The van der Waals surface area contributed by atoms with Gasteiger partial charge < -0.3 is 15.8 Å². The number of nitrogens with one attached hydrogen (secondary N) is 2. The zero-order valence-electron chi connectivity index (χ0n) is 14.5. The van der Waals surface area contributed by atoms with E-state index >= 15 is 0 Å². The molecule has 5 N–H and O–H groups in total. The number of aliphatic imine (C=N–C) groups is 1. The second-order valence-electron chi connectivity index (χ2n) is 6.18. The van der Waals surface area contributed by atoms with Gasteiger partial charge in [-0.1, -0.05) is 48.5 Å². The minimum absolute atomic E-state index is 0.0167. The van der Waals surface area contributed by atoms with Crippen LogP contribution in [0.25, 0.3) is 10.9 Å². The van der Waals surface area contributed by atoms with Crippen molar-refractivity contribution in [1.82, 2.24) is 4.98 Å². The van der Waals surface area contributed by atoms with Gasteiger partial charge in [0.25, 0.3) is 0 Å². The maximum absolute atomic E-state index is 10.6. The first-order valence-corrected chi connectivity index (χ1v) is 8.52. The first-order valence-electron chi connectivity index (χ1n) is 8.52. The number of H-pyrrole nitrogens is 1. The number of amidine groups is 1. The highest BCUT2D eigenvalue weighted by Gasteiger charge is 2.18. The molecular formula is C22H18N4O. The number of nitrogens with zero attached hydrogens (tertiary/aromatic N) is 1. The molecule has 4 aromatic rings. The third-order valence-electron chi connectivity index (χ3n) is 4.39. The summed E-state index contributed by atoms with van der Waals surface area (Å²) in [7, 11) is 0. The van der Waals surface area contributed by atoms with Crippen molar-refractivity contribution in [3.63, 3.8) is 0 Å². The molecule has 0 saturated carbocycles. The molecule has 0 radical (unpaired) electrons. The van der Waals surface area contributed by atoms with Gasteiger partial charge in [-0.15, -0.1) is 0 Å². The minimum Gasteiger partial charge on any atom is -0.494 e. The van der Waals surface area contributed by atoms with E-state index in [0.29, 0.717) is 22.5 Å². The van der Waals surface area contributed by atoms with E-state index in [1.165, 1.54) is 0 Å². The van der Waals surface area contributed by atoms with Crippen LogP contribution in [-0.4, -0.2) is 21.6 Å². The number of para-hydroxylation sites is 1. The first-order chi connectivity index (χ1) is 13.1. The van der Waals surface area contributed by atoms with Crippen molar-refractivity contribution < 1.29 is 5.11 Å². The van der Waals surface area contributed by atoms with Gasteiger partial charge in [0, 0.05) is 22.0 Å². The highest BCUT2D eigenvalue weighted by atomic mass is 16.3. The van der Waals surface area contributed by atoms with E-state index in [0.717, 1.165) is 16.5 Å². The zero-order chi connectivity index (χ0) is 18.8. The number of hydrogen-bond acceptors (Lipinski definition) is 3. The summed E-state index contributed by atoms with van der Waals surface area (Å²) in [4.78, 5) is 7.83. The van der Waals surface area contributed by atoms with Gasteiger partial charge >= 0.3 is 0 Å². The molecule has 0 atom stereocenters. The lowest BCUT2D eigenvalue weighted by Crippen LogP contribution is -2.10. The van der Waals surface area contributed by atoms with E-state index in [2.05, 4.69) is 4.98 Å². The molecule has 5 nitrogen and oxygen atoms in total. The molecule has 132 valence electrons. The van der Waals surface area contributed by atoms with Crippen LogP contribution in [0.2, 0.25) is 0 Å². The summed E-state index contributed by atoms with van der Waals surface area (Å²) in [6.45, 7) is 0. The molecule has 0 aliphatic heterocycles. The quantitative estimate of drug-likeness (QED) is 0.324. The summed E-state index contributed by atoms with van der Waals surface area (Å²) in [5, 5.41) is 19.0. The van der Waals surface area contributed by atoms with Crippen LogP contribution in [0.3, 0.4) is 0 Å². The molecule has 0 aliphatic carbocycles. The van der Waals surface area contributed by atoms with E-state index in [1.807, 2.05) is 66.7 Å². The molecule has 27 heavy (non-hydrogen) atoms. The fourth-order valence-electron chi connectivity index (χ4n) is 3.07. The van der Waals surface area contributed by atoms with Crippen LogP contribution in [0, 0.1) is 5.41 Å². The number of nitrogens with two attached hydrogens (primary N) is 1. The molecule has 0 saturated heterocycles. The summed E-state index contributed by atoms with van der Waals surface area (Å²) in [5.74, 6) is 0.0993. The summed E-state index contributed by atoms with van der Waals surface area (Å²) in [6.07, 6.45) is 0. The average molecular weight is 354 g/mol. The fourth-order valence-corrected chi connectivity index (χ4v) is 3.07. The summed E-state index contributed by atoms with van der Waals surface area (Å²) in [6, 6.07) is 24.6. The second kappa shape index (κ2) is 6.80. The minimum atomic E-state index is 0.0167. The largest absolute Gasteiger partial charge is 0.494 e. The molecule has 1 aromatic heterocycles. The third kappa shape index (κ3) is 3.18. The van der Waals surface area contributed by atoms with Crippen LogP contribution in [0.5, 0.6) is 5.88 Å². The number of aromatic hydroxyl groups is 1. The predicted octanol–water partition coefficient (Wildman–Crippen LogP) is 4.33. The third-order valence-corrected chi connectivity index (χ3v) is 4.39. The summed E-state index contributed by atoms with van der Waals surface area (Å²) in [5.41, 5.74) is 9.95. The van der Waals surface area contributed by atoms with Crippen LogP contribution >= 0.6 is 0 Å². The Hall–Kier alpha value is -3.86. The van der Waals surface area contributed by atoms with Crippen LogP contribution < -0.4 is 5.73 Å². The number of hydrogen-bond donors (Lipinski definition) is 4. The Balaban J connectivity index is 1.92. The van der Waals surface area contributed by atoms with Crippen molar-refractivity contribution in [2.75, 3.05) is 0 Å². The van der Waals surface area contributed by atoms with Gasteiger partial charge in [-0.25, -0.2) is 4.99 Å². The van der Waals surface area contributed by atoms with E-state index in [4.69, 9.17) is 16.1 Å². The Kier molecular flexibility index (Phi) is 4.18. The maximum Gasteiger partial charge on any atom is 0.199 e. The molecule has 0 spiro atoms. The SMILES string of the molecule is N=C(N)c1ccc(N=C(c2ccccc2)c2c(O)[nH]c3ccccc23)cc1. The smallest absolute Gasteiger partial charge is 0.199 e. The normalized spacial score (nSPS) is 11.6. The molecule has 0 fully saturated rings. The zero-order valence-corrected chi connectivity index (χ0v) is 14.5. The highest BCUT2D eigenvalue weighted by molar-refractivity contribution is 6.21. The molecule has 3 aromatic carbocycles. The average Bonchev–Trinajstić information content (AvgIpc) is 3.03. The Labute approximate surface area is 156 Å². The molecule has 4 rings (SSSR count). The number of aromatic nitrogens is 1. The molecule has 0 bridgehead atoms. The second-order valence-corrected chi connectivity index (χ2v) is 6.18. The molecule has 1 heterocycles. The van der Waals surface area contributed by atoms with Crippen molar-refractivity contribution in [2.45, 2.75) is 0 Å². The van der Waals surface area contributed by atoms with Crippen molar-refractivity contribution in [3.05, 3.63) is 95.6 Å². The van der Waals surface area contributed by atoms with Gasteiger partial charge in [0.15, 0.2) is 5.88 Å². The highest BCUT2D eigenvalue weighted by Crippen LogP contribution is 2.31. The van der Waals surface area contributed by atoms with Crippen molar-refractivity contribution in [2.24, 2.45) is 10.7 Å². The van der Waals surface area contributed by atoms with Crippen molar-refractivity contribution in [3.8, 4) is 5.88 Å². The summed E-state index contributed by atoms with van der Waals surface area (Å²) < 4.78 is 0. The Morgan fingerprint density at radius 1 is 0.852 bits per heavy atom. The summed E-state index contributed by atoms with van der Waals surface area (Å²) >= 11 is 0. The van der Waals surface area contributed by atoms with Crippen LogP contribution in [0.1, 0.15) is 16.7 Å². The maximum atomic E-state index is 10.6. The monoisotopic (exact) mass is 354 g/mol. The van der Waals surface area contributed by atoms with Gasteiger partial charge in [0.2, 0.25) is 0 Å². The van der Waals surface area contributed by atoms with Gasteiger partial charge in [-0.3, -0.25) is 5.41 Å². The van der Waals surface area contributed by atoms with E-state index in [-0.39, 0.29) is 11.7 Å². The topological polar surface area (TPSA) is 98.2 Å². The van der Waals surface area contributed by atoms with Crippen molar-refractivity contribution in [1.29, 1.82) is 5.41 Å². The van der Waals surface area contributed by atoms with E-state index in [1.54, 1.807) is 12.1 Å². The molecule has 0 unspecified atom stereocenters. The van der Waals surface area contributed by atoms with Gasteiger partial charge in [-0.05, 0) is 30.3 Å². The number of rotatable bonds is 4. The first kappa shape index (κ1) is 16.6. The van der Waals surface area contributed by atoms with Gasteiger partial charge in [0.05, 0.1) is 17.0 Å². The Bertz CT molecular complexity index is 1140. The lowest BCUT2D eigenvalue weighted by atomic mass is 10.0. The molecule has 0 aliphatic rings. The van der Waals surface area contributed by atoms with Crippen molar-refractivity contribution >= 4 is 28.1 Å². The molecule has 5 heteroatoms. The van der Waals surface area contributed by atoms with Crippen LogP contribution in [-0.2, 0) is 0 Å². The fraction of sp³-hybridized carbons (Fsp3) is 0. The number of nitrogen functional groups attached to an aromatic ring is 1. The molecular weight excluding hydrogens is 336 g/mol. The van der Waals surface area contributed by atoms with E-state index in [9.17, 15) is 5.11 Å². The van der Waals surface area contributed by atoms with Gasteiger partial charge in [-0.2, -0.15) is 0 Å². The lowest BCUT2D eigenvalue weighted by molar-refractivity contribution is 0.457. The lowest BCUT2D eigenvalue weighted by Gasteiger charge is -2.08. The molecule has 0 amide bonds. The Morgan fingerprint density at radius 3 is 2.22 bits per heavy atom. The van der Waals surface area contributed by atoms with Gasteiger partial charge in [0.1, 0.15) is 5.84 Å². The van der Waals surface area contributed by atoms with Crippen LogP contribution in [0.15, 0.2) is 83.9 Å².